The zero-order chi connectivity index (χ0) is 23.3. The first-order chi connectivity index (χ1) is 15.3. The van der Waals surface area contributed by atoms with Crippen LogP contribution in [0.25, 0.3) is 0 Å². The Morgan fingerprint density at radius 3 is 2.56 bits per heavy atom. The molecule has 0 aliphatic heterocycles. The summed E-state index contributed by atoms with van der Waals surface area (Å²) in [7, 11) is 0. The fraction of sp³-hybridized carbons (Fsp3) is 0.200. The Kier molecular flexibility index (Phi) is 8.84. The third-order valence-electron chi connectivity index (χ3n) is 4.19. The molecule has 0 bridgehead atoms. The fourth-order valence-corrected chi connectivity index (χ4v) is 4.31. The van der Waals surface area contributed by atoms with E-state index in [9.17, 15) is 9.59 Å². The molecule has 0 atom stereocenters. The minimum atomic E-state index is -0.308. The first-order valence-corrected chi connectivity index (χ1v) is 12.2. The molecule has 2 amide bonds. The highest BCUT2D eigenvalue weighted by atomic mass is 79.9. The molecule has 7 nitrogen and oxygen atoms in total. The van der Waals surface area contributed by atoms with Gasteiger partial charge in [-0.05, 0) is 53.2 Å². The number of hydrogen-bond donors (Lipinski definition) is 2. The molecule has 0 radical (unpaired) electrons. The summed E-state index contributed by atoms with van der Waals surface area (Å²) < 4.78 is 2.53. The normalized spacial score (nSPS) is 10.8. The molecular formula is C20H17BrCl3N5O2S. The van der Waals surface area contributed by atoms with Crippen molar-refractivity contribution in [3.8, 4) is 0 Å². The SMILES string of the molecule is CCn1c(CC(=O)Nc2cccc(Cl)c2Cl)nnc1SCC(=O)Nc1ccc(Br)c(Cl)c1. The van der Waals surface area contributed by atoms with E-state index in [0.29, 0.717) is 38.9 Å². The topological polar surface area (TPSA) is 88.9 Å². The van der Waals surface area contributed by atoms with E-state index < -0.39 is 0 Å². The number of carbonyl (C=O) groups is 2. The summed E-state index contributed by atoms with van der Waals surface area (Å²) in [6, 6.07) is 10.2. The van der Waals surface area contributed by atoms with Crippen LogP contribution in [0.4, 0.5) is 11.4 Å². The Hall–Kier alpha value is -1.78. The van der Waals surface area contributed by atoms with Crippen LogP contribution in [0.2, 0.25) is 15.1 Å². The number of nitrogens with one attached hydrogen (secondary N) is 2. The molecule has 2 N–H and O–H groups in total. The molecule has 1 heterocycles. The van der Waals surface area contributed by atoms with Crippen molar-refractivity contribution in [3.05, 3.63) is 61.8 Å². The van der Waals surface area contributed by atoms with E-state index in [0.717, 1.165) is 4.47 Å². The predicted molar refractivity (Wildman–Crippen MR) is 133 cm³/mol. The molecule has 12 heteroatoms. The fourth-order valence-electron chi connectivity index (χ4n) is 2.71. The Balaban J connectivity index is 1.60. The molecule has 3 rings (SSSR count). The van der Waals surface area contributed by atoms with Gasteiger partial charge < -0.3 is 15.2 Å². The van der Waals surface area contributed by atoms with Crippen LogP contribution in [0.1, 0.15) is 12.7 Å². The highest BCUT2D eigenvalue weighted by molar-refractivity contribution is 9.10. The maximum Gasteiger partial charge on any atom is 0.234 e. The second-order valence-electron chi connectivity index (χ2n) is 6.44. The molecular weight excluding hydrogens is 561 g/mol. The second kappa shape index (κ2) is 11.4. The summed E-state index contributed by atoms with van der Waals surface area (Å²) in [6.45, 7) is 2.45. The van der Waals surface area contributed by atoms with Crippen LogP contribution in [-0.2, 0) is 22.6 Å². The van der Waals surface area contributed by atoms with Crippen molar-refractivity contribution in [2.24, 2.45) is 0 Å². The van der Waals surface area contributed by atoms with Crippen LogP contribution in [-0.4, -0.2) is 32.3 Å². The summed E-state index contributed by atoms with van der Waals surface area (Å²) in [4.78, 5) is 24.8. The van der Waals surface area contributed by atoms with Gasteiger partial charge >= 0.3 is 0 Å². The number of benzene rings is 2. The first-order valence-electron chi connectivity index (χ1n) is 9.32. The lowest BCUT2D eigenvalue weighted by molar-refractivity contribution is -0.116. The summed E-state index contributed by atoms with van der Waals surface area (Å²) in [5, 5.41) is 15.4. The number of rotatable bonds is 8. The van der Waals surface area contributed by atoms with Crippen LogP contribution in [0, 0.1) is 0 Å². The maximum absolute atomic E-state index is 12.5. The number of thioether (sulfide) groups is 1. The number of nitrogens with zero attached hydrogens (tertiary/aromatic N) is 3. The maximum atomic E-state index is 12.5. The van der Waals surface area contributed by atoms with Gasteiger partial charge in [0.05, 0.1) is 32.9 Å². The van der Waals surface area contributed by atoms with Crippen LogP contribution in [0.3, 0.4) is 0 Å². The summed E-state index contributed by atoms with van der Waals surface area (Å²) in [5.74, 6) is 0.0771. The van der Waals surface area contributed by atoms with Crippen molar-refractivity contribution in [1.82, 2.24) is 14.8 Å². The summed E-state index contributed by atoms with van der Waals surface area (Å²) >= 11 is 22.7. The average molecular weight is 578 g/mol. The second-order valence-corrected chi connectivity index (χ2v) is 9.42. The molecule has 0 saturated heterocycles. The molecule has 0 aliphatic carbocycles. The molecule has 2 aromatic carbocycles. The van der Waals surface area contributed by atoms with Gasteiger partial charge in [0.2, 0.25) is 11.8 Å². The summed E-state index contributed by atoms with van der Waals surface area (Å²) in [6.07, 6.45) is -0.00612. The zero-order valence-electron chi connectivity index (χ0n) is 16.7. The van der Waals surface area contributed by atoms with Crippen LogP contribution >= 0.6 is 62.5 Å². The van der Waals surface area contributed by atoms with Gasteiger partial charge in [-0.2, -0.15) is 0 Å². The highest BCUT2D eigenvalue weighted by Gasteiger charge is 2.17. The van der Waals surface area contributed by atoms with Gasteiger partial charge in [-0.3, -0.25) is 9.59 Å². The molecule has 0 fully saturated rings. The van der Waals surface area contributed by atoms with Crippen molar-refractivity contribution >= 4 is 85.7 Å². The van der Waals surface area contributed by atoms with E-state index in [1.165, 1.54) is 11.8 Å². The molecule has 168 valence electrons. The molecule has 0 saturated carbocycles. The summed E-state index contributed by atoms with van der Waals surface area (Å²) in [5.41, 5.74) is 1.02. The number of halogens is 4. The van der Waals surface area contributed by atoms with Crippen LogP contribution in [0.5, 0.6) is 0 Å². The Bertz CT molecular complexity index is 1160. The average Bonchev–Trinajstić information content (AvgIpc) is 3.13. The van der Waals surface area contributed by atoms with Gasteiger partial charge in [0.25, 0.3) is 0 Å². The smallest absolute Gasteiger partial charge is 0.234 e. The van der Waals surface area contributed by atoms with Gasteiger partial charge in [-0.15, -0.1) is 10.2 Å². The van der Waals surface area contributed by atoms with Crippen molar-refractivity contribution in [2.75, 3.05) is 16.4 Å². The van der Waals surface area contributed by atoms with E-state index in [1.807, 2.05) is 6.92 Å². The monoisotopic (exact) mass is 575 g/mol. The van der Waals surface area contributed by atoms with Gasteiger partial charge in [-0.1, -0.05) is 52.6 Å². The minimum absolute atomic E-state index is 0.00612. The van der Waals surface area contributed by atoms with Crippen molar-refractivity contribution in [1.29, 1.82) is 0 Å². The molecule has 3 aromatic rings. The zero-order valence-corrected chi connectivity index (χ0v) is 21.3. The van der Waals surface area contributed by atoms with Gasteiger partial charge in [0.15, 0.2) is 5.16 Å². The van der Waals surface area contributed by atoms with Crippen molar-refractivity contribution in [3.63, 3.8) is 0 Å². The van der Waals surface area contributed by atoms with Crippen LogP contribution in [0.15, 0.2) is 46.0 Å². The van der Waals surface area contributed by atoms with Gasteiger partial charge in [-0.25, -0.2) is 0 Å². The molecule has 0 aliphatic rings. The lowest BCUT2D eigenvalue weighted by Crippen LogP contribution is -2.18. The molecule has 1 aromatic heterocycles. The van der Waals surface area contributed by atoms with E-state index in [4.69, 9.17) is 34.8 Å². The van der Waals surface area contributed by atoms with Gasteiger partial charge in [0, 0.05) is 16.7 Å². The molecule has 32 heavy (non-hydrogen) atoms. The molecule has 0 spiro atoms. The van der Waals surface area contributed by atoms with E-state index >= 15 is 0 Å². The Morgan fingerprint density at radius 1 is 1.06 bits per heavy atom. The number of carbonyl (C=O) groups excluding carboxylic acids is 2. The third kappa shape index (κ3) is 6.39. The number of hydrogen-bond acceptors (Lipinski definition) is 5. The highest BCUT2D eigenvalue weighted by Crippen LogP contribution is 2.30. The van der Waals surface area contributed by atoms with Gasteiger partial charge in [0.1, 0.15) is 5.82 Å². The van der Waals surface area contributed by atoms with Crippen LogP contribution < -0.4 is 10.6 Å². The largest absolute Gasteiger partial charge is 0.325 e. The number of aromatic nitrogens is 3. The molecule has 0 unspecified atom stereocenters. The Labute approximate surface area is 212 Å². The number of anilines is 2. The lowest BCUT2D eigenvalue weighted by atomic mass is 10.3. The standard InChI is InChI=1S/C20H17BrCl3N5O2S/c1-2-29-16(9-17(30)26-15-5-3-4-13(22)19(15)24)27-28-20(29)32-10-18(31)25-11-6-7-12(21)14(23)8-11/h3-8H,2,9-10H2,1H3,(H,25,31)(H,26,30). The Morgan fingerprint density at radius 2 is 1.84 bits per heavy atom. The van der Waals surface area contributed by atoms with Crippen molar-refractivity contribution in [2.45, 2.75) is 25.0 Å². The van der Waals surface area contributed by atoms with E-state index in [-0.39, 0.29) is 29.0 Å². The third-order valence-corrected chi connectivity index (χ3v) is 7.21. The lowest BCUT2D eigenvalue weighted by Gasteiger charge is -2.10. The van der Waals surface area contributed by atoms with E-state index in [2.05, 4.69) is 36.8 Å². The predicted octanol–water partition coefficient (Wildman–Crippen LogP) is 5.93. The van der Waals surface area contributed by atoms with E-state index in [1.54, 1.807) is 41.0 Å². The minimum Gasteiger partial charge on any atom is -0.325 e. The first kappa shape index (κ1) is 24.9. The number of amides is 2. The van der Waals surface area contributed by atoms with Crippen molar-refractivity contribution < 1.29 is 9.59 Å². The quantitative estimate of drug-likeness (QED) is 0.324.